The van der Waals surface area contributed by atoms with Gasteiger partial charge in [0.25, 0.3) is 5.91 Å². The van der Waals surface area contributed by atoms with E-state index in [-0.39, 0.29) is 5.82 Å². The molecule has 0 aliphatic rings. The maximum Gasteiger partial charge on any atom is 0.275 e. The number of nitrogens with zero attached hydrogens (tertiary/aromatic N) is 2. The number of aromatic nitrogens is 2. The maximum absolute atomic E-state index is 14.1. The number of carbonyl (C=O) groups is 1. The highest BCUT2D eigenvalue weighted by atomic mass is 32.1. The monoisotopic (exact) mass is 290 g/mol. The first-order chi connectivity index (χ1) is 9.70. The number of nitrogens with two attached hydrogens (primary N) is 1. The van der Waals surface area contributed by atoms with Crippen LogP contribution < -0.4 is 11.3 Å². The number of halogens is 1. The zero-order valence-electron chi connectivity index (χ0n) is 10.3. The van der Waals surface area contributed by atoms with Gasteiger partial charge in [-0.3, -0.25) is 14.9 Å². The van der Waals surface area contributed by atoms with E-state index in [4.69, 9.17) is 5.84 Å². The second-order valence-corrected chi connectivity index (χ2v) is 5.25. The molecule has 0 bridgehead atoms. The van der Waals surface area contributed by atoms with Crippen molar-refractivity contribution in [3.8, 4) is 0 Å². The minimum Gasteiger partial charge on any atom is -0.289 e. The van der Waals surface area contributed by atoms with E-state index < -0.39 is 5.91 Å². The summed E-state index contributed by atoms with van der Waals surface area (Å²) in [7, 11) is 0. The lowest BCUT2D eigenvalue weighted by molar-refractivity contribution is 0.0957. The van der Waals surface area contributed by atoms with E-state index in [1.54, 1.807) is 35.3 Å². The molecule has 0 saturated heterocycles. The first-order valence-corrected chi connectivity index (χ1v) is 6.70. The molecule has 0 saturated carbocycles. The Morgan fingerprint density at radius 2 is 2.30 bits per heavy atom. The Morgan fingerprint density at radius 3 is 3.00 bits per heavy atom. The molecular weight excluding hydrogens is 279 g/mol. The van der Waals surface area contributed by atoms with Crippen LogP contribution in [0.3, 0.4) is 0 Å². The highest BCUT2D eigenvalue weighted by molar-refractivity contribution is 7.21. The third kappa shape index (κ3) is 2.06. The van der Waals surface area contributed by atoms with Crippen molar-refractivity contribution in [3.05, 3.63) is 52.9 Å². The summed E-state index contributed by atoms with van der Waals surface area (Å²) in [6.07, 6.45) is 3.39. The highest BCUT2D eigenvalue weighted by Crippen LogP contribution is 2.33. The number of benzene rings is 1. The van der Waals surface area contributed by atoms with Crippen molar-refractivity contribution in [2.45, 2.75) is 6.54 Å². The molecule has 3 rings (SSSR count). The lowest BCUT2D eigenvalue weighted by atomic mass is 10.1. The van der Waals surface area contributed by atoms with Crippen LogP contribution in [0.25, 0.3) is 10.1 Å². The first kappa shape index (κ1) is 12.8. The van der Waals surface area contributed by atoms with Crippen LogP contribution >= 0.6 is 11.3 Å². The third-order valence-electron chi connectivity index (χ3n) is 2.98. The van der Waals surface area contributed by atoms with Crippen molar-refractivity contribution < 1.29 is 9.18 Å². The Labute approximate surface area is 117 Å². The summed E-state index contributed by atoms with van der Waals surface area (Å²) < 4.78 is 16.4. The van der Waals surface area contributed by atoms with Gasteiger partial charge in [0.15, 0.2) is 0 Å². The molecule has 20 heavy (non-hydrogen) atoms. The molecule has 3 N–H and O–H groups in total. The first-order valence-electron chi connectivity index (χ1n) is 5.89. The molecule has 0 fully saturated rings. The summed E-state index contributed by atoms with van der Waals surface area (Å²) in [6, 6.07) is 6.55. The Balaban J connectivity index is 2.22. The predicted molar refractivity (Wildman–Crippen MR) is 74.8 cm³/mol. The van der Waals surface area contributed by atoms with Gasteiger partial charge in [-0.2, -0.15) is 5.10 Å². The highest BCUT2D eigenvalue weighted by Gasteiger charge is 2.20. The van der Waals surface area contributed by atoms with Gasteiger partial charge in [-0.05, 0) is 18.2 Å². The van der Waals surface area contributed by atoms with Crippen LogP contribution in [-0.2, 0) is 6.54 Å². The van der Waals surface area contributed by atoms with E-state index in [0.29, 0.717) is 27.1 Å². The molecule has 0 aliphatic carbocycles. The van der Waals surface area contributed by atoms with Crippen LogP contribution in [0.1, 0.15) is 15.2 Å². The molecule has 0 aliphatic heterocycles. The summed E-state index contributed by atoms with van der Waals surface area (Å²) in [4.78, 5) is 12.3. The molecule has 0 radical (unpaired) electrons. The molecule has 0 unspecified atom stereocenters. The van der Waals surface area contributed by atoms with Crippen molar-refractivity contribution >= 4 is 27.3 Å². The van der Waals surface area contributed by atoms with Gasteiger partial charge in [0.1, 0.15) is 5.82 Å². The van der Waals surface area contributed by atoms with Crippen LogP contribution in [-0.4, -0.2) is 15.7 Å². The zero-order chi connectivity index (χ0) is 14.1. The second-order valence-electron chi connectivity index (χ2n) is 4.20. The van der Waals surface area contributed by atoms with E-state index in [0.717, 1.165) is 0 Å². The van der Waals surface area contributed by atoms with Crippen LogP contribution in [0.4, 0.5) is 4.39 Å². The second kappa shape index (κ2) is 5.03. The van der Waals surface area contributed by atoms with Crippen molar-refractivity contribution in [1.29, 1.82) is 0 Å². The molecule has 1 amide bonds. The van der Waals surface area contributed by atoms with E-state index in [9.17, 15) is 9.18 Å². The number of fused-ring (bicyclic) bond motifs is 1. The summed E-state index contributed by atoms with van der Waals surface area (Å²) >= 11 is 1.22. The molecule has 5 nitrogen and oxygen atoms in total. The molecule has 3 aromatic rings. The number of rotatable bonds is 3. The average Bonchev–Trinajstić information content (AvgIpc) is 3.07. The number of carbonyl (C=O) groups excluding carboxylic acids is 1. The van der Waals surface area contributed by atoms with Gasteiger partial charge in [0.05, 0.1) is 11.4 Å². The summed E-state index contributed by atoms with van der Waals surface area (Å²) in [5.74, 6) is 4.42. The standard InChI is InChI=1S/C13H11FN4OS/c14-9-3-1-4-10-11(9)8(7-18-6-2-5-16-18)12(20-10)13(19)17-15/h1-6H,7,15H2,(H,17,19). The van der Waals surface area contributed by atoms with Crippen molar-refractivity contribution in [1.82, 2.24) is 15.2 Å². The topological polar surface area (TPSA) is 72.9 Å². The molecule has 0 atom stereocenters. The van der Waals surface area contributed by atoms with E-state index in [1.807, 2.05) is 0 Å². The fourth-order valence-corrected chi connectivity index (χ4v) is 3.25. The summed E-state index contributed by atoms with van der Waals surface area (Å²) in [5, 5.41) is 4.54. The Morgan fingerprint density at radius 1 is 1.45 bits per heavy atom. The average molecular weight is 290 g/mol. The van der Waals surface area contributed by atoms with Crippen LogP contribution in [0.15, 0.2) is 36.7 Å². The number of hydrogen-bond acceptors (Lipinski definition) is 4. The Hall–Kier alpha value is -2.25. The molecule has 0 spiro atoms. The third-order valence-corrected chi connectivity index (χ3v) is 4.18. The number of hydrogen-bond donors (Lipinski definition) is 2. The van der Waals surface area contributed by atoms with Gasteiger partial charge in [-0.15, -0.1) is 11.3 Å². The van der Waals surface area contributed by atoms with E-state index in [2.05, 4.69) is 10.5 Å². The summed E-state index contributed by atoms with van der Waals surface area (Å²) in [6.45, 7) is 0.316. The number of thiophene rings is 1. The van der Waals surface area contributed by atoms with E-state index >= 15 is 0 Å². The van der Waals surface area contributed by atoms with Gasteiger partial charge in [0, 0.05) is 28.0 Å². The lowest BCUT2D eigenvalue weighted by Crippen LogP contribution is -2.30. The fraction of sp³-hybridized carbons (Fsp3) is 0.0769. The zero-order valence-corrected chi connectivity index (χ0v) is 11.2. The van der Waals surface area contributed by atoms with Gasteiger partial charge < -0.3 is 0 Å². The van der Waals surface area contributed by atoms with Crippen molar-refractivity contribution in [2.24, 2.45) is 5.84 Å². The fourth-order valence-electron chi connectivity index (χ4n) is 2.12. The molecule has 1 aromatic carbocycles. The Kier molecular flexibility index (Phi) is 3.21. The van der Waals surface area contributed by atoms with Gasteiger partial charge in [-0.25, -0.2) is 10.2 Å². The quantitative estimate of drug-likeness (QED) is 0.439. The van der Waals surface area contributed by atoms with Crippen molar-refractivity contribution in [3.63, 3.8) is 0 Å². The predicted octanol–water partition coefficient (Wildman–Crippen LogP) is 1.89. The SMILES string of the molecule is NNC(=O)c1sc2cccc(F)c2c1Cn1cccn1. The van der Waals surface area contributed by atoms with Gasteiger partial charge in [0.2, 0.25) is 0 Å². The lowest BCUT2D eigenvalue weighted by Gasteiger charge is -2.05. The minimum absolute atomic E-state index is 0.316. The minimum atomic E-state index is -0.423. The van der Waals surface area contributed by atoms with Gasteiger partial charge in [-0.1, -0.05) is 6.07 Å². The maximum atomic E-state index is 14.1. The Bertz CT molecular complexity index is 766. The largest absolute Gasteiger partial charge is 0.289 e. The summed E-state index contributed by atoms with van der Waals surface area (Å²) in [5.41, 5.74) is 2.69. The van der Waals surface area contributed by atoms with Crippen LogP contribution in [0.2, 0.25) is 0 Å². The number of nitrogens with one attached hydrogen (secondary N) is 1. The molecular formula is C13H11FN4OS. The van der Waals surface area contributed by atoms with E-state index in [1.165, 1.54) is 17.4 Å². The van der Waals surface area contributed by atoms with Crippen molar-refractivity contribution in [2.75, 3.05) is 0 Å². The smallest absolute Gasteiger partial charge is 0.275 e. The number of amides is 1. The normalized spacial score (nSPS) is 10.9. The molecule has 102 valence electrons. The number of hydrazine groups is 1. The van der Waals surface area contributed by atoms with Gasteiger partial charge >= 0.3 is 0 Å². The van der Waals surface area contributed by atoms with Crippen LogP contribution in [0, 0.1) is 5.82 Å². The molecule has 7 heteroatoms. The molecule has 2 aromatic heterocycles. The van der Waals surface area contributed by atoms with Crippen LogP contribution in [0.5, 0.6) is 0 Å². The number of nitrogen functional groups attached to an aromatic ring is 1. The molecule has 2 heterocycles.